The SMILES string of the molecule is CSc1nc(C)n2c1C[N+]([O-])=C(c1ccccc1F)c1cc(Cl)ccc1-2. The number of thioether (sulfide) groups is 1. The number of benzene rings is 2. The second-order valence-corrected chi connectivity index (χ2v) is 7.21. The molecule has 0 atom stereocenters. The number of rotatable bonds is 2. The van der Waals surface area contributed by atoms with Crippen molar-refractivity contribution >= 4 is 29.1 Å². The van der Waals surface area contributed by atoms with Crippen LogP contribution in [0.5, 0.6) is 0 Å². The first-order valence-corrected chi connectivity index (χ1v) is 9.60. The van der Waals surface area contributed by atoms with Crippen molar-refractivity contribution in [2.45, 2.75) is 18.5 Å². The summed E-state index contributed by atoms with van der Waals surface area (Å²) in [6, 6.07) is 11.6. The molecule has 4 nitrogen and oxygen atoms in total. The zero-order chi connectivity index (χ0) is 18.4. The monoisotopic (exact) mass is 387 g/mol. The van der Waals surface area contributed by atoms with Gasteiger partial charge in [0.15, 0.2) is 6.54 Å². The topological polar surface area (TPSA) is 43.9 Å². The van der Waals surface area contributed by atoms with Crippen LogP contribution in [-0.4, -0.2) is 26.3 Å². The molecule has 0 radical (unpaired) electrons. The highest BCUT2D eigenvalue weighted by Gasteiger charge is 2.31. The van der Waals surface area contributed by atoms with Crippen molar-refractivity contribution in [1.29, 1.82) is 0 Å². The van der Waals surface area contributed by atoms with Crippen molar-refractivity contribution in [2.24, 2.45) is 0 Å². The molecule has 7 heteroatoms. The quantitative estimate of drug-likeness (QED) is 0.368. The highest BCUT2D eigenvalue weighted by molar-refractivity contribution is 7.98. The Labute approximate surface area is 159 Å². The van der Waals surface area contributed by atoms with E-state index in [2.05, 4.69) is 4.98 Å². The van der Waals surface area contributed by atoms with Crippen LogP contribution in [0.2, 0.25) is 5.02 Å². The highest BCUT2D eigenvalue weighted by Crippen LogP contribution is 2.32. The number of hydrogen-bond donors (Lipinski definition) is 0. The molecule has 3 aromatic rings. The molecule has 0 amide bonds. The Morgan fingerprint density at radius 2 is 2.00 bits per heavy atom. The van der Waals surface area contributed by atoms with Gasteiger partial charge in [-0.25, -0.2) is 9.37 Å². The van der Waals surface area contributed by atoms with Crippen LogP contribution in [0.25, 0.3) is 5.69 Å². The molecule has 0 N–H and O–H groups in total. The summed E-state index contributed by atoms with van der Waals surface area (Å²) >= 11 is 7.70. The van der Waals surface area contributed by atoms with Crippen molar-refractivity contribution in [3.8, 4) is 5.69 Å². The van der Waals surface area contributed by atoms with Crippen LogP contribution in [0.1, 0.15) is 22.6 Å². The molecule has 0 aliphatic carbocycles. The molecule has 0 unspecified atom stereocenters. The second kappa shape index (κ2) is 6.45. The van der Waals surface area contributed by atoms with Gasteiger partial charge in [0.2, 0.25) is 5.71 Å². The lowest BCUT2D eigenvalue weighted by Gasteiger charge is -2.12. The fraction of sp³-hybridized carbons (Fsp3) is 0.158. The van der Waals surface area contributed by atoms with Crippen LogP contribution in [0.4, 0.5) is 4.39 Å². The van der Waals surface area contributed by atoms with Gasteiger partial charge in [0.25, 0.3) is 0 Å². The minimum Gasteiger partial charge on any atom is -0.623 e. The average Bonchev–Trinajstić information content (AvgIpc) is 2.85. The van der Waals surface area contributed by atoms with E-state index in [1.54, 1.807) is 30.3 Å². The molecule has 0 saturated heterocycles. The minimum atomic E-state index is -0.444. The Morgan fingerprint density at radius 3 is 2.73 bits per heavy atom. The van der Waals surface area contributed by atoms with Crippen molar-refractivity contribution in [2.75, 3.05) is 6.26 Å². The molecule has 0 fully saturated rings. The first-order valence-electron chi connectivity index (χ1n) is 8.00. The zero-order valence-electron chi connectivity index (χ0n) is 14.2. The van der Waals surface area contributed by atoms with E-state index in [-0.39, 0.29) is 17.8 Å². The van der Waals surface area contributed by atoms with Gasteiger partial charge in [0.05, 0.1) is 16.8 Å². The number of hydrogen-bond acceptors (Lipinski definition) is 3. The van der Waals surface area contributed by atoms with Crippen molar-refractivity contribution < 1.29 is 9.13 Å². The van der Waals surface area contributed by atoms with E-state index in [0.717, 1.165) is 27.0 Å². The molecule has 1 aliphatic heterocycles. The van der Waals surface area contributed by atoms with E-state index in [9.17, 15) is 9.60 Å². The van der Waals surface area contributed by atoms with E-state index < -0.39 is 5.82 Å². The predicted octanol–water partition coefficient (Wildman–Crippen LogP) is 4.56. The summed E-state index contributed by atoms with van der Waals surface area (Å²) in [6.45, 7) is 1.97. The van der Waals surface area contributed by atoms with Gasteiger partial charge in [0.1, 0.15) is 22.4 Å². The van der Waals surface area contributed by atoms with Gasteiger partial charge in [0, 0.05) is 5.02 Å². The van der Waals surface area contributed by atoms with Crippen molar-refractivity contribution in [3.05, 3.63) is 81.2 Å². The number of aryl methyl sites for hydroxylation is 1. The summed E-state index contributed by atoms with van der Waals surface area (Å²) < 4.78 is 17.3. The number of aromatic nitrogens is 2. The van der Waals surface area contributed by atoms with Gasteiger partial charge < -0.3 is 5.21 Å². The predicted molar refractivity (Wildman–Crippen MR) is 102 cm³/mol. The highest BCUT2D eigenvalue weighted by atomic mass is 35.5. The van der Waals surface area contributed by atoms with Crippen molar-refractivity contribution in [3.63, 3.8) is 0 Å². The summed E-state index contributed by atoms with van der Waals surface area (Å²) in [6.07, 6.45) is 1.92. The Morgan fingerprint density at radius 1 is 1.23 bits per heavy atom. The second-order valence-electron chi connectivity index (χ2n) is 5.98. The maximum atomic E-state index is 14.5. The lowest BCUT2D eigenvalue weighted by molar-refractivity contribution is -0.474. The fourth-order valence-corrected chi connectivity index (χ4v) is 4.14. The number of imidazole rings is 1. The molecule has 26 heavy (non-hydrogen) atoms. The molecule has 0 bridgehead atoms. The number of hydroxylamine groups is 1. The molecule has 0 spiro atoms. The normalized spacial score (nSPS) is 13.4. The molecule has 2 heterocycles. The number of nitrogens with zero attached hydrogens (tertiary/aromatic N) is 3. The van der Waals surface area contributed by atoms with Gasteiger partial charge >= 0.3 is 0 Å². The zero-order valence-corrected chi connectivity index (χ0v) is 15.7. The summed E-state index contributed by atoms with van der Waals surface area (Å²) in [5.74, 6) is 0.330. The smallest absolute Gasteiger partial charge is 0.231 e. The molecule has 4 rings (SSSR count). The summed E-state index contributed by atoms with van der Waals surface area (Å²) in [5.41, 5.74) is 2.68. The average molecular weight is 388 g/mol. The Bertz CT molecular complexity index is 1060. The molecular formula is C19H15ClFN3OS. The molecule has 0 saturated carbocycles. The van der Waals surface area contributed by atoms with Gasteiger partial charge in [-0.1, -0.05) is 23.7 Å². The lowest BCUT2D eigenvalue weighted by Crippen LogP contribution is -2.19. The van der Waals surface area contributed by atoms with E-state index in [1.807, 2.05) is 23.8 Å². The third kappa shape index (κ3) is 2.61. The maximum absolute atomic E-state index is 14.5. The van der Waals surface area contributed by atoms with E-state index in [4.69, 9.17) is 11.6 Å². The minimum absolute atomic E-state index is 0.0764. The maximum Gasteiger partial charge on any atom is 0.231 e. The molecule has 1 aliphatic rings. The van der Waals surface area contributed by atoms with Gasteiger partial charge in [-0.2, -0.15) is 4.74 Å². The van der Waals surface area contributed by atoms with Crippen LogP contribution in [0, 0.1) is 17.9 Å². The molecule has 1 aromatic heterocycles. The Hall–Kier alpha value is -2.31. The Kier molecular flexibility index (Phi) is 4.25. The van der Waals surface area contributed by atoms with Gasteiger partial charge in [-0.05, 0) is 43.5 Å². The largest absolute Gasteiger partial charge is 0.623 e. The first kappa shape index (κ1) is 17.1. The van der Waals surface area contributed by atoms with Crippen LogP contribution in [-0.2, 0) is 6.54 Å². The number of halogens is 2. The first-order chi connectivity index (χ1) is 12.5. The third-order valence-corrected chi connectivity index (χ3v) is 5.37. The van der Waals surface area contributed by atoms with Crippen LogP contribution >= 0.6 is 23.4 Å². The van der Waals surface area contributed by atoms with Gasteiger partial charge in [-0.15, -0.1) is 11.8 Å². The number of fused-ring (bicyclic) bond motifs is 3. The van der Waals surface area contributed by atoms with E-state index in [0.29, 0.717) is 10.6 Å². The van der Waals surface area contributed by atoms with Crippen molar-refractivity contribution in [1.82, 2.24) is 9.55 Å². The summed E-state index contributed by atoms with van der Waals surface area (Å²) in [7, 11) is 0. The fourth-order valence-electron chi connectivity index (χ4n) is 3.35. The van der Waals surface area contributed by atoms with Crippen LogP contribution in [0.3, 0.4) is 0 Å². The Balaban J connectivity index is 2.10. The standard InChI is InChI=1S/C19H15ClFN3OS/c1-11-22-19(26-2)17-10-23(25)18(13-5-3-4-6-15(13)21)14-9-12(20)7-8-16(14)24(11)17/h3-9H,10H2,1-2H3. The molecule has 2 aromatic carbocycles. The lowest BCUT2D eigenvalue weighted by atomic mass is 10.00. The third-order valence-electron chi connectivity index (χ3n) is 4.42. The summed E-state index contributed by atoms with van der Waals surface area (Å²) in [5, 5.41) is 14.4. The van der Waals surface area contributed by atoms with E-state index in [1.165, 1.54) is 17.8 Å². The molecule has 132 valence electrons. The van der Waals surface area contributed by atoms with E-state index >= 15 is 0 Å². The molecular weight excluding hydrogens is 373 g/mol. The van der Waals surface area contributed by atoms with Crippen LogP contribution < -0.4 is 0 Å². The summed E-state index contributed by atoms with van der Waals surface area (Å²) in [4.78, 5) is 4.57. The van der Waals surface area contributed by atoms with Gasteiger partial charge in [-0.3, -0.25) is 4.57 Å². The van der Waals surface area contributed by atoms with Crippen LogP contribution in [0.15, 0.2) is 47.5 Å².